The first kappa shape index (κ1) is 26.6. The van der Waals surface area contributed by atoms with Gasteiger partial charge < -0.3 is 31.3 Å². The van der Waals surface area contributed by atoms with Gasteiger partial charge in [0.25, 0.3) is 5.91 Å². The molecule has 2 fully saturated rings. The molecule has 0 spiro atoms. The Kier molecular flexibility index (Phi) is 6.35. The van der Waals surface area contributed by atoms with Gasteiger partial charge >= 0.3 is 0 Å². The van der Waals surface area contributed by atoms with Crippen LogP contribution in [-0.2, 0) is 27.3 Å². The summed E-state index contributed by atoms with van der Waals surface area (Å²) in [5.74, 6) is -6.79. The van der Waals surface area contributed by atoms with Crippen molar-refractivity contribution in [2.75, 3.05) is 33.8 Å². The van der Waals surface area contributed by atoms with Crippen molar-refractivity contribution in [3.63, 3.8) is 0 Å². The van der Waals surface area contributed by atoms with Gasteiger partial charge in [0.15, 0.2) is 11.4 Å². The fourth-order valence-electron chi connectivity index (χ4n) is 6.62. The predicted molar refractivity (Wildman–Crippen MR) is 135 cm³/mol. The normalized spacial score (nSPS) is 29.8. The molecular formula is C26H30ClN3O8. The number of carbonyl (C=O) groups excluding carboxylic acids is 3. The summed E-state index contributed by atoms with van der Waals surface area (Å²) in [6.45, 7) is 1.88. The second kappa shape index (κ2) is 9.06. The Balaban J connectivity index is 1.62. The number of nitrogens with two attached hydrogens (primary N) is 1. The van der Waals surface area contributed by atoms with Crippen LogP contribution in [0.3, 0.4) is 0 Å². The van der Waals surface area contributed by atoms with E-state index in [4.69, 9.17) is 17.3 Å². The Morgan fingerprint density at radius 3 is 2.47 bits per heavy atom. The van der Waals surface area contributed by atoms with Crippen LogP contribution in [0.15, 0.2) is 23.0 Å². The number of primary amides is 1. The number of aliphatic hydroxyl groups is 4. The SMILES string of the molecule is CN(C)[C@@H]1C(=O)C(C(N)=O)=C(O)[C@@]2(O)C(=O)C3=C(O)c4c(O)cc(CN5CC(CO)C5)c(Cl)c4C[C@H]3C[C@@H]12. The van der Waals surface area contributed by atoms with Gasteiger partial charge in [-0.1, -0.05) is 11.6 Å². The van der Waals surface area contributed by atoms with Crippen molar-refractivity contribution in [3.8, 4) is 5.75 Å². The van der Waals surface area contributed by atoms with Gasteiger partial charge in [-0.3, -0.25) is 24.2 Å². The van der Waals surface area contributed by atoms with Crippen molar-refractivity contribution >= 4 is 34.8 Å². The number of benzene rings is 1. The maximum Gasteiger partial charge on any atom is 0.255 e. The first-order valence-electron chi connectivity index (χ1n) is 12.3. The molecule has 7 N–H and O–H groups in total. The van der Waals surface area contributed by atoms with Crippen molar-refractivity contribution in [3.05, 3.63) is 44.7 Å². The number of carbonyl (C=O) groups is 3. The minimum atomic E-state index is -2.68. The topological polar surface area (TPSA) is 185 Å². The lowest BCUT2D eigenvalue weighted by molar-refractivity contribution is -0.153. The number of amides is 1. The Hall–Kier alpha value is -2.96. The molecule has 204 valence electrons. The molecule has 3 aliphatic carbocycles. The minimum Gasteiger partial charge on any atom is -0.508 e. The molecule has 0 radical (unpaired) electrons. The number of ketones is 2. The highest BCUT2D eigenvalue weighted by Crippen LogP contribution is 2.53. The molecule has 38 heavy (non-hydrogen) atoms. The van der Waals surface area contributed by atoms with Gasteiger partial charge in [-0.05, 0) is 50.0 Å². The molecule has 1 aromatic rings. The molecule has 1 aliphatic heterocycles. The highest BCUT2D eigenvalue weighted by atomic mass is 35.5. The van der Waals surface area contributed by atoms with Crippen LogP contribution >= 0.6 is 11.6 Å². The van der Waals surface area contributed by atoms with E-state index in [9.17, 15) is 39.9 Å². The fraction of sp³-hybridized carbons (Fsp3) is 0.500. The molecule has 0 aromatic heterocycles. The number of fused-ring (bicyclic) bond motifs is 3. The zero-order valence-electron chi connectivity index (χ0n) is 20.9. The van der Waals surface area contributed by atoms with E-state index in [1.165, 1.54) is 11.0 Å². The number of phenols is 1. The average molecular weight is 548 g/mol. The number of aromatic hydroxyl groups is 1. The van der Waals surface area contributed by atoms with Crippen LogP contribution in [0.5, 0.6) is 5.75 Å². The summed E-state index contributed by atoms with van der Waals surface area (Å²) in [6, 6.07) is 0.271. The van der Waals surface area contributed by atoms with E-state index < -0.39 is 58.0 Å². The fourth-order valence-corrected chi connectivity index (χ4v) is 6.91. The van der Waals surface area contributed by atoms with Gasteiger partial charge in [0, 0.05) is 48.7 Å². The molecule has 4 atom stereocenters. The molecule has 1 heterocycles. The third kappa shape index (κ3) is 3.60. The molecule has 0 unspecified atom stereocenters. The quantitative estimate of drug-likeness (QED) is 0.275. The lowest BCUT2D eigenvalue weighted by atomic mass is 9.57. The number of rotatable bonds is 5. The maximum absolute atomic E-state index is 13.8. The third-order valence-corrected chi connectivity index (χ3v) is 8.88. The second-order valence-electron chi connectivity index (χ2n) is 10.9. The first-order chi connectivity index (χ1) is 17.8. The number of phenolic OH excluding ortho intramolecular Hbond substituents is 1. The number of likely N-dealkylation sites (tertiary alicyclic amines) is 1. The maximum atomic E-state index is 13.8. The first-order valence-corrected chi connectivity index (χ1v) is 12.7. The zero-order chi connectivity index (χ0) is 27.8. The lowest BCUT2D eigenvalue weighted by Gasteiger charge is -2.50. The molecule has 0 bridgehead atoms. The number of aliphatic hydroxyl groups excluding tert-OH is 3. The van der Waals surface area contributed by atoms with E-state index in [-0.39, 0.29) is 42.3 Å². The number of Topliss-reactive ketones (excluding diaryl/α,β-unsaturated/α-hetero) is 2. The minimum absolute atomic E-state index is 0.00259. The van der Waals surface area contributed by atoms with Crippen LogP contribution in [0.25, 0.3) is 5.76 Å². The number of hydrogen-bond acceptors (Lipinski definition) is 10. The van der Waals surface area contributed by atoms with E-state index in [2.05, 4.69) is 4.90 Å². The molecule has 11 nitrogen and oxygen atoms in total. The molecule has 1 aromatic carbocycles. The van der Waals surface area contributed by atoms with Crippen molar-refractivity contribution in [2.45, 2.75) is 31.0 Å². The summed E-state index contributed by atoms with van der Waals surface area (Å²) < 4.78 is 0. The largest absolute Gasteiger partial charge is 0.508 e. The van der Waals surface area contributed by atoms with E-state index in [1.807, 2.05) is 0 Å². The summed E-state index contributed by atoms with van der Waals surface area (Å²) in [5.41, 5.74) is 2.61. The van der Waals surface area contributed by atoms with Gasteiger partial charge in [-0.25, -0.2) is 0 Å². The summed E-state index contributed by atoms with van der Waals surface area (Å²) >= 11 is 6.75. The van der Waals surface area contributed by atoms with Crippen molar-refractivity contribution < 1.29 is 39.9 Å². The number of hydrogen-bond donors (Lipinski definition) is 6. The van der Waals surface area contributed by atoms with Crippen LogP contribution in [-0.4, -0.2) is 98.2 Å². The van der Waals surface area contributed by atoms with E-state index >= 15 is 0 Å². The average Bonchev–Trinajstić information content (AvgIpc) is 2.80. The van der Waals surface area contributed by atoms with Crippen molar-refractivity contribution in [1.82, 2.24) is 9.80 Å². The molecule has 1 saturated heterocycles. The number of likely N-dealkylation sites (N-methyl/N-ethyl adjacent to an activating group) is 1. The molecule has 5 rings (SSSR count). The lowest BCUT2D eigenvalue weighted by Crippen LogP contribution is -2.65. The molecule has 1 amide bonds. The van der Waals surface area contributed by atoms with Crippen molar-refractivity contribution in [1.29, 1.82) is 0 Å². The molecule has 4 aliphatic rings. The standard InChI is InChI=1S/C26H30ClN3O8/c1-29(2)20-14-4-11-3-13-17(15(32)5-12(19(13)27)8-30-6-10(7-30)9-31)21(33)16(11)23(35)26(14,38)24(36)18(22(20)34)25(28)37/h5,10-11,14,20,31-33,36,38H,3-4,6-9H2,1-2H3,(H2,28,37)/t11-,14-,20-,26-/m0/s1. The highest BCUT2D eigenvalue weighted by Gasteiger charge is 2.64. The monoisotopic (exact) mass is 547 g/mol. The number of halogens is 1. The number of nitrogens with zero attached hydrogens (tertiary/aromatic N) is 2. The van der Waals surface area contributed by atoms with E-state index in [0.717, 1.165) is 0 Å². The Bertz CT molecular complexity index is 1330. The molecule has 12 heteroatoms. The van der Waals surface area contributed by atoms with Crippen LogP contribution in [0.1, 0.15) is 23.1 Å². The summed E-state index contributed by atoms with van der Waals surface area (Å²) in [7, 11) is 3.09. The smallest absolute Gasteiger partial charge is 0.255 e. The van der Waals surface area contributed by atoms with Gasteiger partial charge in [-0.2, -0.15) is 0 Å². The highest BCUT2D eigenvalue weighted by molar-refractivity contribution is 6.32. The summed E-state index contributed by atoms with van der Waals surface area (Å²) in [6.07, 6.45) is 0.130. The van der Waals surface area contributed by atoms with Gasteiger partial charge in [0.2, 0.25) is 5.78 Å². The molecular weight excluding hydrogens is 518 g/mol. The van der Waals surface area contributed by atoms with Gasteiger partial charge in [0.1, 0.15) is 22.8 Å². The van der Waals surface area contributed by atoms with Gasteiger partial charge in [0.05, 0.1) is 11.6 Å². The van der Waals surface area contributed by atoms with Crippen LogP contribution in [0.2, 0.25) is 5.02 Å². The summed E-state index contributed by atoms with van der Waals surface area (Å²) in [4.78, 5) is 42.5. The Morgan fingerprint density at radius 1 is 1.24 bits per heavy atom. The van der Waals surface area contributed by atoms with Crippen LogP contribution < -0.4 is 5.73 Å². The van der Waals surface area contributed by atoms with Crippen molar-refractivity contribution in [2.24, 2.45) is 23.5 Å². The predicted octanol–water partition coefficient (Wildman–Crippen LogP) is 0.0415. The summed E-state index contributed by atoms with van der Waals surface area (Å²) in [5, 5.41) is 54.2. The van der Waals surface area contributed by atoms with Gasteiger partial charge in [-0.15, -0.1) is 0 Å². The van der Waals surface area contributed by atoms with Crippen LogP contribution in [0, 0.1) is 17.8 Å². The molecule has 1 saturated carbocycles. The van der Waals surface area contributed by atoms with Crippen LogP contribution in [0.4, 0.5) is 0 Å². The van der Waals surface area contributed by atoms with E-state index in [1.54, 1.807) is 14.1 Å². The second-order valence-corrected chi connectivity index (χ2v) is 11.3. The van der Waals surface area contributed by atoms with E-state index in [0.29, 0.717) is 35.8 Å². The third-order valence-electron chi connectivity index (χ3n) is 8.41. The Morgan fingerprint density at radius 2 is 1.89 bits per heavy atom. The zero-order valence-corrected chi connectivity index (χ0v) is 21.7. The Labute approximate surface area is 223 Å².